The summed E-state index contributed by atoms with van der Waals surface area (Å²) >= 11 is 1.46. The zero-order valence-corrected chi connectivity index (χ0v) is 18.6. The Hall–Kier alpha value is -1.97. The van der Waals surface area contributed by atoms with Crippen molar-refractivity contribution >= 4 is 27.5 Å². The largest absolute Gasteiger partial charge is 0.376 e. The summed E-state index contributed by atoms with van der Waals surface area (Å²) in [7, 11) is 0. The SMILES string of the molecule is CCCn1c(=O)n(CC(=O)NC[C@@H]2CCCO2)c(=O)c2c3c(sc21)COC(C)(C)C3. The molecule has 0 saturated carbocycles. The third-order valence-electron chi connectivity index (χ3n) is 5.73. The highest BCUT2D eigenvalue weighted by molar-refractivity contribution is 7.18. The number of carbonyl (C=O) groups is 1. The number of thiophene rings is 1. The number of rotatable bonds is 6. The molecule has 2 aliphatic rings. The van der Waals surface area contributed by atoms with Gasteiger partial charge in [-0.1, -0.05) is 6.92 Å². The lowest BCUT2D eigenvalue weighted by Crippen LogP contribution is -2.45. The molecule has 2 aliphatic heterocycles. The van der Waals surface area contributed by atoms with E-state index in [0.717, 1.165) is 34.3 Å². The summed E-state index contributed by atoms with van der Waals surface area (Å²) < 4.78 is 14.1. The highest BCUT2D eigenvalue weighted by atomic mass is 32.1. The fourth-order valence-electron chi connectivity index (χ4n) is 4.20. The summed E-state index contributed by atoms with van der Waals surface area (Å²) in [5.74, 6) is -0.347. The molecule has 0 bridgehead atoms. The summed E-state index contributed by atoms with van der Waals surface area (Å²) in [6, 6.07) is 0. The van der Waals surface area contributed by atoms with Crippen molar-refractivity contribution in [3.63, 3.8) is 0 Å². The van der Waals surface area contributed by atoms with Crippen LogP contribution in [0.3, 0.4) is 0 Å². The molecule has 0 spiro atoms. The molecule has 9 heteroatoms. The first kappa shape index (κ1) is 21.3. The number of amides is 1. The highest BCUT2D eigenvalue weighted by Gasteiger charge is 2.32. The first-order chi connectivity index (χ1) is 14.3. The Labute approximate surface area is 178 Å². The second kappa shape index (κ2) is 8.28. The quantitative estimate of drug-likeness (QED) is 0.747. The maximum atomic E-state index is 13.4. The van der Waals surface area contributed by atoms with Crippen molar-refractivity contribution in [3.8, 4) is 0 Å². The first-order valence-electron chi connectivity index (χ1n) is 10.6. The van der Waals surface area contributed by atoms with Crippen LogP contribution in [-0.2, 0) is 40.4 Å². The topological polar surface area (TPSA) is 91.6 Å². The van der Waals surface area contributed by atoms with Crippen LogP contribution < -0.4 is 16.6 Å². The van der Waals surface area contributed by atoms with Crippen molar-refractivity contribution in [1.29, 1.82) is 0 Å². The summed E-state index contributed by atoms with van der Waals surface area (Å²) in [6.45, 7) is 7.74. The average Bonchev–Trinajstić information content (AvgIpc) is 3.33. The van der Waals surface area contributed by atoms with Gasteiger partial charge in [-0.3, -0.25) is 18.7 Å². The number of aromatic nitrogens is 2. The molecule has 1 atom stereocenters. The summed E-state index contributed by atoms with van der Waals surface area (Å²) in [5.41, 5.74) is -0.234. The molecular weight excluding hydrogens is 406 g/mol. The third kappa shape index (κ3) is 3.98. The smallest absolute Gasteiger partial charge is 0.332 e. The van der Waals surface area contributed by atoms with Crippen LogP contribution in [0.4, 0.5) is 0 Å². The van der Waals surface area contributed by atoms with Crippen LogP contribution in [0.5, 0.6) is 0 Å². The molecule has 4 rings (SSSR count). The summed E-state index contributed by atoms with van der Waals surface area (Å²) in [5, 5.41) is 3.37. The molecule has 1 N–H and O–H groups in total. The van der Waals surface area contributed by atoms with Gasteiger partial charge >= 0.3 is 5.69 Å². The molecule has 1 amide bonds. The predicted molar refractivity (Wildman–Crippen MR) is 115 cm³/mol. The van der Waals surface area contributed by atoms with E-state index in [1.807, 2.05) is 20.8 Å². The van der Waals surface area contributed by atoms with Gasteiger partial charge in [0.05, 0.1) is 23.7 Å². The molecule has 8 nitrogen and oxygen atoms in total. The second-order valence-electron chi connectivity index (χ2n) is 8.67. The van der Waals surface area contributed by atoms with Gasteiger partial charge in [0.15, 0.2) is 0 Å². The lowest BCUT2D eigenvalue weighted by Gasteiger charge is -2.29. The Balaban J connectivity index is 1.73. The van der Waals surface area contributed by atoms with E-state index in [1.165, 1.54) is 11.3 Å². The van der Waals surface area contributed by atoms with Crippen molar-refractivity contribution in [2.75, 3.05) is 13.2 Å². The van der Waals surface area contributed by atoms with Gasteiger partial charge in [-0.15, -0.1) is 11.3 Å². The summed E-state index contributed by atoms with van der Waals surface area (Å²) in [4.78, 5) is 40.7. The van der Waals surface area contributed by atoms with Crippen molar-refractivity contribution < 1.29 is 14.3 Å². The van der Waals surface area contributed by atoms with Gasteiger partial charge in [-0.2, -0.15) is 0 Å². The monoisotopic (exact) mass is 435 g/mol. The zero-order valence-electron chi connectivity index (χ0n) is 17.8. The second-order valence-corrected chi connectivity index (χ2v) is 9.76. The van der Waals surface area contributed by atoms with Gasteiger partial charge in [-0.25, -0.2) is 4.79 Å². The number of nitrogens with one attached hydrogen (secondary N) is 1. The first-order valence-corrected chi connectivity index (χ1v) is 11.4. The minimum absolute atomic E-state index is 0.0102. The molecule has 30 heavy (non-hydrogen) atoms. The van der Waals surface area contributed by atoms with E-state index in [-0.39, 0.29) is 29.7 Å². The Bertz CT molecular complexity index is 1070. The summed E-state index contributed by atoms with van der Waals surface area (Å²) in [6.07, 6.45) is 3.27. The van der Waals surface area contributed by atoms with E-state index < -0.39 is 5.69 Å². The van der Waals surface area contributed by atoms with Crippen LogP contribution in [0, 0.1) is 0 Å². The van der Waals surface area contributed by atoms with E-state index in [0.29, 0.717) is 42.9 Å². The molecule has 2 aromatic rings. The number of hydrogen-bond acceptors (Lipinski definition) is 6. The van der Waals surface area contributed by atoms with Crippen LogP contribution in [0.1, 0.15) is 50.5 Å². The van der Waals surface area contributed by atoms with Crippen molar-refractivity contribution in [2.24, 2.45) is 0 Å². The fourth-order valence-corrected chi connectivity index (χ4v) is 5.44. The molecule has 2 aromatic heterocycles. The number of nitrogens with zero attached hydrogens (tertiary/aromatic N) is 2. The molecular formula is C21H29N3O5S. The molecule has 0 radical (unpaired) electrons. The van der Waals surface area contributed by atoms with Gasteiger partial charge in [0.1, 0.15) is 11.4 Å². The maximum Gasteiger partial charge on any atom is 0.332 e. The van der Waals surface area contributed by atoms with Gasteiger partial charge in [-0.05, 0) is 38.7 Å². The molecule has 4 heterocycles. The van der Waals surface area contributed by atoms with Gasteiger partial charge in [0, 0.05) is 31.0 Å². The molecule has 0 aromatic carbocycles. The molecule has 0 aliphatic carbocycles. The van der Waals surface area contributed by atoms with Crippen LogP contribution >= 0.6 is 11.3 Å². The van der Waals surface area contributed by atoms with Crippen LogP contribution in [0.25, 0.3) is 10.2 Å². The third-order valence-corrected chi connectivity index (χ3v) is 6.96. The van der Waals surface area contributed by atoms with Crippen molar-refractivity contribution in [2.45, 2.75) is 77.9 Å². The van der Waals surface area contributed by atoms with Crippen molar-refractivity contribution in [1.82, 2.24) is 14.5 Å². The predicted octanol–water partition coefficient (Wildman–Crippen LogP) is 1.78. The van der Waals surface area contributed by atoms with E-state index in [9.17, 15) is 14.4 Å². The lowest BCUT2D eigenvalue weighted by atomic mass is 9.94. The van der Waals surface area contributed by atoms with E-state index in [1.54, 1.807) is 4.57 Å². The van der Waals surface area contributed by atoms with Gasteiger partial charge < -0.3 is 14.8 Å². The Morgan fingerprint density at radius 1 is 1.30 bits per heavy atom. The van der Waals surface area contributed by atoms with E-state index in [2.05, 4.69) is 5.32 Å². The maximum absolute atomic E-state index is 13.4. The number of carbonyl (C=O) groups excluding carboxylic acids is 1. The molecule has 1 fully saturated rings. The number of hydrogen-bond donors (Lipinski definition) is 1. The molecule has 0 unspecified atom stereocenters. The van der Waals surface area contributed by atoms with E-state index >= 15 is 0 Å². The number of ether oxygens (including phenoxy) is 2. The van der Waals surface area contributed by atoms with Crippen molar-refractivity contribution in [3.05, 3.63) is 31.3 Å². The fraction of sp³-hybridized carbons (Fsp3) is 0.667. The van der Waals surface area contributed by atoms with Crippen LogP contribution in [-0.4, -0.2) is 39.9 Å². The van der Waals surface area contributed by atoms with Gasteiger partial charge in [0.25, 0.3) is 5.56 Å². The Morgan fingerprint density at radius 3 is 2.80 bits per heavy atom. The minimum Gasteiger partial charge on any atom is -0.376 e. The average molecular weight is 436 g/mol. The van der Waals surface area contributed by atoms with Crippen LogP contribution in [0.15, 0.2) is 9.59 Å². The molecule has 164 valence electrons. The highest BCUT2D eigenvalue weighted by Crippen LogP contribution is 2.37. The van der Waals surface area contributed by atoms with Crippen LogP contribution in [0.2, 0.25) is 0 Å². The number of fused-ring (bicyclic) bond motifs is 3. The minimum atomic E-state index is -0.430. The van der Waals surface area contributed by atoms with Gasteiger partial charge in [0.2, 0.25) is 5.91 Å². The molecule has 1 saturated heterocycles. The normalized spacial score (nSPS) is 20.4. The van der Waals surface area contributed by atoms with E-state index in [4.69, 9.17) is 9.47 Å². The Morgan fingerprint density at radius 2 is 2.10 bits per heavy atom. The number of aryl methyl sites for hydroxylation is 1. The zero-order chi connectivity index (χ0) is 21.5. The Kier molecular flexibility index (Phi) is 5.87. The standard InChI is InChI=1S/C21H29N3O5S/c1-4-7-23-19-17(14-9-21(2,3)29-12-15(14)30-19)18(26)24(20(23)27)11-16(25)22-10-13-6-5-8-28-13/h13H,4-12H2,1-3H3,(H,22,25)/t13-/m0/s1. The lowest BCUT2D eigenvalue weighted by molar-refractivity contribution is -0.122.